The minimum Gasteiger partial charge on any atom is -0.377 e. The summed E-state index contributed by atoms with van der Waals surface area (Å²) in [7, 11) is 1.70. The van der Waals surface area contributed by atoms with Gasteiger partial charge in [0.25, 0.3) is 0 Å². The van der Waals surface area contributed by atoms with Crippen molar-refractivity contribution in [3.05, 3.63) is 34.9 Å². The Labute approximate surface area is 109 Å². The van der Waals surface area contributed by atoms with Gasteiger partial charge in [0.2, 0.25) is 5.91 Å². The summed E-state index contributed by atoms with van der Waals surface area (Å²) < 4.78 is 5.33. The van der Waals surface area contributed by atoms with E-state index in [1.807, 2.05) is 32.9 Å². The van der Waals surface area contributed by atoms with E-state index in [1.165, 1.54) is 0 Å². The van der Waals surface area contributed by atoms with Crippen molar-refractivity contribution >= 4 is 5.91 Å². The van der Waals surface area contributed by atoms with E-state index in [-0.39, 0.29) is 5.60 Å². The van der Waals surface area contributed by atoms with Crippen molar-refractivity contribution in [2.24, 2.45) is 5.73 Å². The van der Waals surface area contributed by atoms with E-state index in [9.17, 15) is 4.79 Å². The maximum Gasteiger partial charge on any atom is 0.248 e. The quantitative estimate of drug-likeness (QED) is 0.806. The zero-order chi connectivity index (χ0) is 13.8. The van der Waals surface area contributed by atoms with E-state index < -0.39 is 5.91 Å². The van der Waals surface area contributed by atoms with Crippen LogP contribution in [0.1, 0.15) is 35.3 Å². The number of benzene rings is 1. The fourth-order valence-corrected chi connectivity index (χ4v) is 1.62. The lowest BCUT2D eigenvalue weighted by molar-refractivity contribution is 0.0230. The Balaban J connectivity index is 2.61. The summed E-state index contributed by atoms with van der Waals surface area (Å²) in [6.07, 6.45) is 0. The van der Waals surface area contributed by atoms with Crippen LogP contribution in [0.4, 0.5) is 0 Å². The smallest absolute Gasteiger partial charge is 0.248 e. The molecule has 3 N–H and O–H groups in total. The second-order valence-corrected chi connectivity index (χ2v) is 5.07. The molecule has 0 aliphatic rings. The Morgan fingerprint density at radius 1 is 1.44 bits per heavy atom. The van der Waals surface area contributed by atoms with Gasteiger partial charge >= 0.3 is 0 Å². The van der Waals surface area contributed by atoms with E-state index in [0.717, 1.165) is 24.2 Å². The second-order valence-electron chi connectivity index (χ2n) is 5.07. The molecule has 1 aromatic rings. The van der Waals surface area contributed by atoms with Crippen LogP contribution in [0.2, 0.25) is 0 Å². The third kappa shape index (κ3) is 4.13. The van der Waals surface area contributed by atoms with Gasteiger partial charge in [-0.2, -0.15) is 0 Å². The highest BCUT2D eigenvalue weighted by Crippen LogP contribution is 2.11. The van der Waals surface area contributed by atoms with Crippen LogP contribution in [0.5, 0.6) is 0 Å². The largest absolute Gasteiger partial charge is 0.377 e. The molecule has 1 aromatic carbocycles. The number of hydrogen-bond donors (Lipinski definition) is 2. The SMILES string of the molecule is COC(C)(C)CNCc1ccc(C(N)=O)cc1C. The summed E-state index contributed by atoms with van der Waals surface area (Å²) >= 11 is 0. The van der Waals surface area contributed by atoms with Crippen LogP contribution < -0.4 is 11.1 Å². The van der Waals surface area contributed by atoms with Crippen LogP contribution in [0, 0.1) is 6.92 Å². The van der Waals surface area contributed by atoms with E-state index in [0.29, 0.717) is 5.56 Å². The zero-order valence-electron chi connectivity index (χ0n) is 11.5. The number of carbonyl (C=O) groups is 1. The molecular formula is C14H22N2O2. The Morgan fingerprint density at radius 3 is 2.61 bits per heavy atom. The van der Waals surface area contributed by atoms with Crippen LogP contribution in [-0.4, -0.2) is 25.2 Å². The third-order valence-electron chi connectivity index (χ3n) is 3.05. The van der Waals surface area contributed by atoms with Gasteiger partial charge in [0.1, 0.15) is 0 Å². The number of primary amides is 1. The monoisotopic (exact) mass is 250 g/mol. The fourth-order valence-electron chi connectivity index (χ4n) is 1.62. The Kier molecular flexibility index (Phi) is 4.87. The van der Waals surface area contributed by atoms with Gasteiger partial charge in [0.15, 0.2) is 0 Å². The van der Waals surface area contributed by atoms with Crippen LogP contribution in [0.15, 0.2) is 18.2 Å². The minimum absolute atomic E-state index is 0.179. The van der Waals surface area contributed by atoms with Crippen molar-refractivity contribution < 1.29 is 9.53 Å². The van der Waals surface area contributed by atoms with Crippen LogP contribution >= 0.6 is 0 Å². The lowest BCUT2D eigenvalue weighted by atomic mass is 10.0. The summed E-state index contributed by atoms with van der Waals surface area (Å²) in [5.41, 5.74) is 7.83. The molecule has 4 nitrogen and oxygen atoms in total. The highest BCUT2D eigenvalue weighted by molar-refractivity contribution is 5.93. The number of carbonyl (C=O) groups excluding carboxylic acids is 1. The molecule has 0 aromatic heterocycles. The number of ether oxygens (including phenoxy) is 1. The average Bonchev–Trinajstić information content (AvgIpc) is 2.31. The maximum absolute atomic E-state index is 11.0. The first kappa shape index (κ1) is 14.7. The third-order valence-corrected chi connectivity index (χ3v) is 3.05. The maximum atomic E-state index is 11.0. The number of nitrogens with one attached hydrogen (secondary N) is 1. The molecule has 0 aliphatic carbocycles. The normalized spacial score (nSPS) is 11.6. The summed E-state index contributed by atoms with van der Waals surface area (Å²) in [5, 5.41) is 3.34. The number of methoxy groups -OCH3 is 1. The highest BCUT2D eigenvalue weighted by Gasteiger charge is 2.15. The molecule has 0 fully saturated rings. The number of amides is 1. The number of aryl methyl sites for hydroxylation is 1. The molecule has 0 radical (unpaired) electrons. The molecule has 18 heavy (non-hydrogen) atoms. The molecule has 0 spiro atoms. The number of rotatable bonds is 6. The summed E-state index contributed by atoms with van der Waals surface area (Å²) in [4.78, 5) is 11.0. The Morgan fingerprint density at radius 2 is 2.11 bits per heavy atom. The van der Waals surface area contributed by atoms with Gasteiger partial charge < -0.3 is 15.8 Å². The van der Waals surface area contributed by atoms with Crippen LogP contribution in [-0.2, 0) is 11.3 Å². The van der Waals surface area contributed by atoms with Crippen molar-refractivity contribution in [3.8, 4) is 0 Å². The highest BCUT2D eigenvalue weighted by atomic mass is 16.5. The van der Waals surface area contributed by atoms with Gasteiger partial charge in [-0.1, -0.05) is 6.07 Å². The Hall–Kier alpha value is -1.39. The first-order chi connectivity index (χ1) is 8.35. The fraction of sp³-hybridized carbons (Fsp3) is 0.500. The van der Waals surface area contributed by atoms with Crippen molar-refractivity contribution in [2.45, 2.75) is 32.9 Å². The zero-order valence-corrected chi connectivity index (χ0v) is 11.5. The molecule has 0 aliphatic heterocycles. The van der Waals surface area contributed by atoms with Crippen molar-refractivity contribution in [3.63, 3.8) is 0 Å². The summed E-state index contributed by atoms with van der Waals surface area (Å²) in [5.74, 6) is -0.391. The van der Waals surface area contributed by atoms with Gasteiger partial charge in [0.05, 0.1) is 5.60 Å². The van der Waals surface area contributed by atoms with Gasteiger partial charge in [-0.3, -0.25) is 4.79 Å². The topological polar surface area (TPSA) is 64.3 Å². The second kappa shape index (κ2) is 5.98. The molecule has 0 heterocycles. The summed E-state index contributed by atoms with van der Waals surface area (Å²) in [6.45, 7) is 7.55. The summed E-state index contributed by atoms with van der Waals surface area (Å²) in [6, 6.07) is 5.51. The van der Waals surface area contributed by atoms with E-state index >= 15 is 0 Å². The molecule has 1 amide bonds. The van der Waals surface area contributed by atoms with Gasteiger partial charge in [-0.15, -0.1) is 0 Å². The molecule has 1 rings (SSSR count). The number of hydrogen-bond acceptors (Lipinski definition) is 3. The van der Waals surface area contributed by atoms with Crippen LogP contribution in [0.25, 0.3) is 0 Å². The lowest BCUT2D eigenvalue weighted by Crippen LogP contribution is -2.36. The standard InChI is InChI=1S/C14H22N2O2/c1-10-7-11(13(15)17)5-6-12(10)8-16-9-14(2,3)18-4/h5-7,16H,8-9H2,1-4H3,(H2,15,17). The molecule has 0 saturated heterocycles. The van der Waals surface area contributed by atoms with E-state index in [4.69, 9.17) is 10.5 Å². The molecule has 0 atom stereocenters. The predicted octanol–water partition coefficient (Wildman–Crippen LogP) is 1.61. The van der Waals surface area contributed by atoms with Gasteiger partial charge in [-0.25, -0.2) is 0 Å². The molecule has 0 saturated carbocycles. The molecule has 100 valence electrons. The van der Waals surface area contributed by atoms with Crippen molar-refractivity contribution in [1.82, 2.24) is 5.32 Å². The van der Waals surface area contributed by atoms with Crippen LogP contribution in [0.3, 0.4) is 0 Å². The molecule has 0 bridgehead atoms. The lowest BCUT2D eigenvalue weighted by Gasteiger charge is -2.23. The first-order valence-corrected chi connectivity index (χ1v) is 6.01. The molecule has 0 unspecified atom stereocenters. The molecular weight excluding hydrogens is 228 g/mol. The van der Waals surface area contributed by atoms with Gasteiger partial charge in [-0.05, 0) is 44.0 Å². The Bertz CT molecular complexity index is 428. The number of nitrogens with two attached hydrogens (primary N) is 1. The van der Waals surface area contributed by atoms with Gasteiger partial charge in [0, 0.05) is 25.8 Å². The van der Waals surface area contributed by atoms with Crippen molar-refractivity contribution in [2.75, 3.05) is 13.7 Å². The minimum atomic E-state index is -0.391. The predicted molar refractivity (Wildman–Crippen MR) is 72.5 cm³/mol. The first-order valence-electron chi connectivity index (χ1n) is 6.01. The molecule has 4 heteroatoms. The van der Waals surface area contributed by atoms with Crippen molar-refractivity contribution in [1.29, 1.82) is 0 Å². The average molecular weight is 250 g/mol. The van der Waals surface area contributed by atoms with E-state index in [1.54, 1.807) is 13.2 Å². The van der Waals surface area contributed by atoms with E-state index in [2.05, 4.69) is 5.32 Å².